The first-order valence-electron chi connectivity index (χ1n) is 11.7. The van der Waals surface area contributed by atoms with Crippen LogP contribution in [0.25, 0.3) is 0 Å². The van der Waals surface area contributed by atoms with Crippen LogP contribution in [0.15, 0.2) is 71.6 Å². The van der Waals surface area contributed by atoms with Crippen LogP contribution < -0.4 is 9.21 Å². The average molecular weight is 544 g/mol. The molecule has 0 fully saturated rings. The summed E-state index contributed by atoms with van der Waals surface area (Å²) in [5.41, 5.74) is 3.20. The van der Waals surface area contributed by atoms with Gasteiger partial charge in [0.15, 0.2) is 0 Å². The highest BCUT2D eigenvalue weighted by Gasteiger charge is 2.27. The number of hydrogen-bond acceptors (Lipinski definition) is 5. The molecule has 0 aromatic heterocycles. The Morgan fingerprint density at radius 2 is 1.69 bits per heavy atom. The van der Waals surface area contributed by atoms with Gasteiger partial charge in [-0.15, -0.1) is 0 Å². The maximum atomic E-state index is 13.0. The van der Waals surface area contributed by atoms with E-state index in [1.807, 2.05) is 78.5 Å². The molecule has 1 aliphatic heterocycles. The Hall–Kier alpha value is -2.67. The van der Waals surface area contributed by atoms with Crippen molar-refractivity contribution < 1.29 is 14.3 Å². The number of amides is 1. The van der Waals surface area contributed by atoms with Crippen molar-refractivity contribution in [1.82, 2.24) is 0 Å². The summed E-state index contributed by atoms with van der Waals surface area (Å²) in [6.07, 6.45) is 1.11. The van der Waals surface area contributed by atoms with Gasteiger partial charge in [0.2, 0.25) is 5.91 Å². The van der Waals surface area contributed by atoms with Crippen LogP contribution >= 0.6 is 35.1 Å². The number of rotatable bonds is 7. The van der Waals surface area contributed by atoms with Crippen LogP contribution in [0.5, 0.6) is 0 Å². The van der Waals surface area contributed by atoms with Crippen molar-refractivity contribution >= 4 is 58.4 Å². The van der Waals surface area contributed by atoms with Crippen molar-refractivity contribution in [3.8, 4) is 0 Å². The molecule has 0 atom stereocenters. The van der Waals surface area contributed by atoms with E-state index in [1.165, 1.54) is 11.9 Å². The molecule has 8 heteroatoms. The molecule has 188 valence electrons. The fraction of sp³-hybridized carbons (Fsp3) is 0.286. The van der Waals surface area contributed by atoms with Crippen LogP contribution in [0.2, 0.25) is 10.0 Å². The largest absolute Gasteiger partial charge is 0.459 e. The normalized spacial score (nSPS) is 12.9. The molecule has 0 bridgehead atoms. The van der Waals surface area contributed by atoms with Crippen LogP contribution in [-0.2, 0) is 27.2 Å². The topological polar surface area (TPSA) is 49.9 Å². The van der Waals surface area contributed by atoms with Crippen LogP contribution in [0.4, 0.5) is 11.4 Å². The van der Waals surface area contributed by atoms with Gasteiger partial charge in [0.25, 0.3) is 0 Å². The molecule has 1 aliphatic rings. The summed E-state index contributed by atoms with van der Waals surface area (Å²) < 4.78 is 7.44. The van der Waals surface area contributed by atoms with Crippen LogP contribution in [0.1, 0.15) is 31.9 Å². The lowest BCUT2D eigenvalue weighted by molar-refractivity contribution is -0.152. The van der Waals surface area contributed by atoms with E-state index in [4.69, 9.17) is 27.9 Å². The molecule has 4 rings (SSSR count). The van der Waals surface area contributed by atoms with E-state index >= 15 is 0 Å². The Bertz CT molecular complexity index is 1240. The summed E-state index contributed by atoms with van der Waals surface area (Å²) >= 11 is 13.8. The highest BCUT2D eigenvalue weighted by Crippen LogP contribution is 2.37. The van der Waals surface area contributed by atoms with Crippen LogP contribution in [0.3, 0.4) is 0 Å². The third-order valence-corrected chi connectivity index (χ3v) is 6.93. The first-order valence-corrected chi connectivity index (χ1v) is 13.2. The van der Waals surface area contributed by atoms with Crippen molar-refractivity contribution in [2.75, 3.05) is 22.3 Å². The van der Waals surface area contributed by atoms with Crippen molar-refractivity contribution in [3.63, 3.8) is 0 Å². The zero-order valence-electron chi connectivity index (χ0n) is 20.5. The number of fused-ring (bicyclic) bond motifs is 1. The Kier molecular flexibility index (Phi) is 8.18. The van der Waals surface area contributed by atoms with E-state index < -0.39 is 5.60 Å². The second-order valence-corrected chi connectivity index (χ2v) is 11.6. The van der Waals surface area contributed by atoms with E-state index in [-0.39, 0.29) is 18.4 Å². The first-order chi connectivity index (χ1) is 17.1. The smallest absolute Gasteiger partial charge is 0.327 e. The van der Waals surface area contributed by atoms with E-state index in [9.17, 15) is 9.59 Å². The van der Waals surface area contributed by atoms with Gasteiger partial charge in [0, 0.05) is 32.9 Å². The molecule has 0 aliphatic carbocycles. The number of anilines is 2. The molecule has 36 heavy (non-hydrogen) atoms. The molecule has 0 saturated carbocycles. The molecule has 0 N–H and O–H groups in total. The molecule has 0 unspecified atom stereocenters. The van der Waals surface area contributed by atoms with E-state index in [1.54, 1.807) is 18.2 Å². The fourth-order valence-electron chi connectivity index (χ4n) is 4.04. The molecule has 0 saturated heterocycles. The van der Waals surface area contributed by atoms with Crippen molar-refractivity contribution in [3.05, 3.63) is 87.9 Å². The Morgan fingerprint density at radius 3 is 2.36 bits per heavy atom. The van der Waals surface area contributed by atoms with E-state index in [2.05, 4.69) is 0 Å². The summed E-state index contributed by atoms with van der Waals surface area (Å²) in [5, 5.41) is 1.03. The molecule has 1 heterocycles. The average Bonchev–Trinajstić information content (AvgIpc) is 3.21. The lowest BCUT2D eigenvalue weighted by Crippen LogP contribution is -2.31. The highest BCUT2D eigenvalue weighted by atomic mass is 35.5. The summed E-state index contributed by atoms with van der Waals surface area (Å²) in [6, 6.07) is 20.9. The molecule has 3 aromatic carbocycles. The number of halogens is 2. The molecule has 0 radical (unpaired) electrons. The van der Waals surface area contributed by atoms with Gasteiger partial charge in [-0.3, -0.25) is 9.59 Å². The number of esters is 1. The standard InChI is InChI=1S/C28H28Cl2N2O3S/c1-28(2,3)35-27(34)18-32(36-24-16-21(29)15-22(30)17-24)23-9-10-25-20(14-23)11-12-31(25)26(33)13-19-7-5-4-6-8-19/h4-10,14-17H,11-13,18H2,1-3H3. The molecule has 5 nitrogen and oxygen atoms in total. The van der Waals surface area contributed by atoms with Crippen molar-refractivity contribution in [1.29, 1.82) is 0 Å². The summed E-state index contributed by atoms with van der Waals surface area (Å²) in [4.78, 5) is 28.4. The maximum absolute atomic E-state index is 13.0. The number of hydrogen-bond donors (Lipinski definition) is 0. The van der Waals surface area contributed by atoms with Gasteiger partial charge in [0.1, 0.15) is 12.1 Å². The molecule has 0 spiro atoms. The van der Waals surface area contributed by atoms with Crippen LogP contribution in [-0.4, -0.2) is 30.6 Å². The number of carbonyl (C=O) groups excluding carboxylic acids is 2. The Morgan fingerprint density at radius 1 is 1.00 bits per heavy atom. The number of benzene rings is 3. The minimum atomic E-state index is -0.593. The molecular weight excluding hydrogens is 515 g/mol. The van der Waals surface area contributed by atoms with Gasteiger partial charge in [-0.25, -0.2) is 0 Å². The fourth-order valence-corrected chi connectivity index (χ4v) is 5.70. The lowest BCUT2D eigenvalue weighted by atomic mass is 10.1. The van der Waals surface area contributed by atoms with Gasteiger partial charge >= 0.3 is 5.97 Å². The molecule has 3 aromatic rings. The maximum Gasteiger partial charge on any atom is 0.327 e. The van der Waals surface area contributed by atoms with Gasteiger partial charge in [-0.2, -0.15) is 0 Å². The third-order valence-electron chi connectivity index (χ3n) is 5.49. The zero-order valence-corrected chi connectivity index (χ0v) is 22.8. The minimum absolute atomic E-state index is 0.0293. The van der Waals surface area contributed by atoms with Crippen LogP contribution in [0, 0.1) is 0 Å². The summed E-state index contributed by atoms with van der Waals surface area (Å²) in [7, 11) is 0. The van der Waals surface area contributed by atoms with Crippen molar-refractivity contribution in [2.24, 2.45) is 0 Å². The quantitative estimate of drug-likeness (QED) is 0.238. The van der Waals surface area contributed by atoms with E-state index in [0.717, 1.165) is 33.8 Å². The summed E-state index contributed by atoms with van der Waals surface area (Å²) in [5.74, 6) is -0.274. The van der Waals surface area contributed by atoms with Gasteiger partial charge in [-0.05, 0) is 86.7 Å². The van der Waals surface area contributed by atoms with Gasteiger partial charge in [0.05, 0.1) is 6.42 Å². The van der Waals surface area contributed by atoms with E-state index in [0.29, 0.717) is 23.0 Å². The minimum Gasteiger partial charge on any atom is -0.459 e. The summed E-state index contributed by atoms with van der Waals surface area (Å²) in [6.45, 7) is 6.19. The second-order valence-electron chi connectivity index (χ2n) is 9.59. The number of ether oxygens (including phenoxy) is 1. The zero-order chi connectivity index (χ0) is 25.9. The predicted octanol–water partition coefficient (Wildman–Crippen LogP) is 6.98. The first kappa shape index (κ1) is 26.4. The Balaban J connectivity index is 1.57. The second kappa shape index (κ2) is 11.2. The monoisotopic (exact) mass is 542 g/mol. The highest BCUT2D eigenvalue weighted by molar-refractivity contribution is 8.00. The predicted molar refractivity (Wildman–Crippen MR) is 148 cm³/mol. The Labute approximate surface area is 226 Å². The van der Waals surface area contributed by atoms with Crippen molar-refractivity contribution in [2.45, 2.75) is 44.1 Å². The lowest BCUT2D eigenvalue weighted by Gasteiger charge is -2.26. The number of carbonyl (C=O) groups is 2. The third kappa shape index (κ3) is 6.96. The van der Waals surface area contributed by atoms with Gasteiger partial charge < -0.3 is 13.9 Å². The number of nitrogens with zero attached hydrogens (tertiary/aromatic N) is 2. The molecular formula is C28H28Cl2N2O3S. The SMILES string of the molecule is CC(C)(C)OC(=O)CN(Sc1cc(Cl)cc(Cl)c1)c1ccc2c(c1)CCN2C(=O)Cc1ccccc1. The van der Waals surface area contributed by atoms with Gasteiger partial charge in [-0.1, -0.05) is 53.5 Å². The molecule has 1 amide bonds.